The molecule has 4 rings (SSSR count). The van der Waals surface area contributed by atoms with Gasteiger partial charge in [-0.2, -0.15) is 4.98 Å². The van der Waals surface area contributed by atoms with Crippen LogP contribution in [0.4, 0.5) is 5.69 Å². The number of aromatic nitrogens is 3. The van der Waals surface area contributed by atoms with Gasteiger partial charge in [-0.15, -0.1) is 5.10 Å². The molecule has 1 unspecified atom stereocenters. The second-order valence-corrected chi connectivity index (χ2v) is 8.34. The summed E-state index contributed by atoms with van der Waals surface area (Å²) in [5.41, 5.74) is 3.87. The first kappa shape index (κ1) is 23.5. The maximum Gasteiger partial charge on any atom is 0.336 e. The summed E-state index contributed by atoms with van der Waals surface area (Å²) in [6.45, 7) is 6.86. The molecule has 4 aromatic rings. The number of ether oxygens (including phenoxy) is 2. The van der Waals surface area contributed by atoms with E-state index in [0.717, 1.165) is 22.7 Å². The molecule has 178 valence electrons. The Morgan fingerprint density at radius 3 is 2.50 bits per heavy atom. The lowest BCUT2D eigenvalue weighted by molar-refractivity contribution is 0.0282. The summed E-state index contributed by atoms with van der Waals surface area (Å²) in [7, 11) is 0. The third-order valence-corrected chi connectivity index (χ3v) is 5.03. The van der Waals surface area contributed by atoms with Gasteiger partial charge < -0.3 is 24.3 Å². The fourth-order valence-corrected chi connectivity index (χ4v) is 3.33. The van der Waals surface area contributed by atoms with Crippen molar-refractivity contribution in [1.29, 1.82) is 0 Å². The quantitative estimate of drug-likeness (QED) is 0.336. The summed E-state index contributed by atoms with van der Waals surface area (Å²) in [6.07, 6.45) is 0.929. The predicted octanol–water partition coefficient (Wildman–Crippen LogP) is 4.61. The molecule has 2 aromatic heterocycles. The lowest BCUT2D eigenvalue weighted by Crippen LogP contribution is -2.24. The Morgan fingerprint density at radius 2 is 1.82 bits per heavy atom. The van der Waals surface area contributed by atoms with Gasteiger partial charge in [0, 0.05) is 17.8 Å². The molecular formula is C26H30N4O4. The topological polar surface area (TPSA) is 94.6 Å². The van der Waals surface area contributed by atoms with E-state index in [1.165, 1.54) is 5.56 Å². The maximum atomic E-state index is 10.2. The molecule has 0 fully saturated rings. The van der Waals surface area contributed by atoms with Crippen molar-refractivity contribution in [2.75, 3.05) is 18.5 Å². The second kappa shape index (κ2) is 11.0. The standard InChI is InChI=1S/C26H30N4O4/c1-18(2)34-26-28-25(20-8-6-19(3)7-9-20)30(29-26)22-12-10-21(11-13-22)27-15-23(31)16-32-17-24-5-4-14-33-24/h4-14,18,23,27,31H,15-17H2,1-3H3. The highest BCUT2D eigenvalue weighted by Gasteiger charge is 2.16. The molecule has 8 nitrogen and oxygen atoms in total. The minimum absolute atomic E-state index is 0.0252. The summed E-state index contributed by atoms with van der Waals surface area (Å²) < 4.78 is 18.2. The third kappa shape index (κ3) is 6.24. The van der Waals surface area contributed by atoms with E-state index in [1.54, 1.807) is 10.9 Å². The van der Waals surface area contributed by atoms with Gasteiger partial charge in [0.2, 0.25) is 0 Å². The number of aliphatic hydroxyl groups excluding tert-OH is 1. The van der Waals surface area contributed by atoms with Gasteiger partial charge in [-0.1, -0.05) is 29.8 Å². The van der Waals surface area contributed by atoms with Crippen molar-refractivity contribution < 1.29 is 19.0 Å². The van der Waals surface area contributed by atoms with Crippen LogP contribution in [0.1, 0.15) is 25.2 Å². The van der Waals surface area contributed by atoms with Crippen molar-refractivity contribution >= 4 is 5.69 Å². The van der Waals surface area contributed by atoms with Crippen molar-refractivity contribution in [2.45, 2.75) is 39.6 Å². The Morgan fingerprint density at radius 1 is 1.06 bits per heavy atom. The Labute approximate surface area is 199 Å². The fourth-order valence-electron chi connectivity index (χ4n) is 3.33. The lowest BCUT2D eigenvalue weighted by Gasteiger charge is -2.13. The molecule has 1 atom stereocenters. The van der Waals surface area contributed by atoms with E-state index in [4.69, 9.17) is 13.9 Å². The normalized spacial score (nSPS) is 12.1. The molecule has 0 aliphatic carbocycles. The molecule has 0 saturated heterocycles. The maximum absolute atomic E-state index is 10.2. The number of nitrogens with zero attached hydrogens (tertiary/aromatic N) is 3. The third-order valence-electron chi connectivity index (χ3n) is 5.03. The van der Waals surface area contributed by atoms with Crippen LogP contribution in [-0.4, -0.2) is 45.2 Å². The second-order valence-electron chi connectivity index (χ2n) is 8.34. The van der Waals surface area contributed by atoms with Gasteiger partial charge in [0.25, 0.3) is 0 Å². The van der Waals surface area contributed by atoms with Crippen molar-refractivity contribution in [3.05, 3.63) is 78.3 Å². The molecular weight excluding hydrogens is 432 g/mol. The average molecular weight is 463 g/mol. The van der Waals surface area contributed by atoms with Gasteiger partial charge in [-0.3, -0.25) is 0 Å². The highest BCUT2D eigenvalue weighted by Crippen LogP contribution is 2.25. The Balaban J connectivity index is 1.41. The Bertz CT molecular complexity index is 1150. The first-order valence-electron chi connectivity index (χ1n) is 11.3. The average Bonchev–Trinajstić information content (AvgIpc) is 3.48. The molecule has 0 saturated carbocycles. The van der Waals surface area contributed by atoms with E-state index in [0.29, 0.717) is 25.0 Å². The van der Waals surface area contributed by atoms with Crippen LogP contribution in [0, 0.1) is 6.92 Å². The smallest absolute Gasteiger partial charge is 0.336 e. The van der Waals surface area contributed by atoms with E-state index >= 15 is 0 Å². The van der Waals surface area contributed by atoms with E-state index in [2.05, 4.69) is 22.3 Å². The molecule has 0 radical (unpaired) electrons. The molecule has 8 heteroatoms. The number of rotatable bonds is 11. The van der Waals surface area contributed by atoms with Crippen molar-refractivity contribution in [2.24, 2.45) is 0 Å². The van der Waals surface area contributed by atoms with Crippen molar-refractivity contribution in [3.8, 4) is 23.1 Å². The number of nitrogens with one attached hydrogen (secondary N) is 1. The number of aliphatic hydroxyl groups is 1. The summed E-state index contributed by atoms with van der Waals surface area (Å²) in [5.74, 6) is 1.44. The van der Waals surface area contributed by atoms with Gasteiger partial charge in [-0.25, -0.2) is 4.68 Å². The molecule has 2 heterocycles. The monoisotopic (exact) mass is 462 g/mol. The first-order valence-corrected chi connectivity index (χ1v) is 11.3. The van der Waals surface area contributed by atoms with Gasteiger partial charge in [0.05, 0.1) is 30.8 Å². The van der Waals surface area contributed by atoms with Crippen LogP contribution in [0.15, 0.2) is 71.3 Å². The molecule has 0 aliphatic rings. The zero-order chi connectivity index (χ0) is 23.9. The molecule has 34 heavy (non-hydrogen) atoms. The number of anilines is 1. The summed E-state index contributed by atoms with van der Waals surface area (Å²) >= 11 is 0. The summed E-state index contributed by atoms with van der Waals surface area (Å²) in [6, 6.07) is 19.9. The lowest BCUT2D eigenvalue weighted by atomic mass is 10.1. The SMILES string of the molecule is Cc1ccc(-c2nc(OC(C)C)nn2-c2ccc(NCC(O)COCc3ccco3)cc2)cc1. The van der Waals surface area contributed by atoms with Crippen molar-refractivity contribution in [1.82, 2.24) is 14.8 Å². The number of aryl methyl sites for hydroxylation is 1. The highest BCUT2D eigenvalue weighted by molar-refractivity contribution is 5.60. The zero-order valence-corrected chi connectivity index (χ0v) is 19.6. The minimum atomic E-state index is -0.645. The van der Waals surface area contributed by atoms with Gasteiger partial charge in [0.1, 0.15) is 12.4 Å². The number of hydrogen-bond acceptors (Lipinski definition) is 7. The van der Waals surface area contributed by atoms with Crippen LogP contribution in [0.5, 0.6) is 6.01 Å². The Hall–Kier alpha value is -3.62. The van der Waals surface area contributed by atoms with E-state index in [1.807, 2.05) is 74.5 Å². The molecule has 2 aromatic carbocycles. The fraction of sp³-hybridized carbons (Fsp3) is 0.308. The van der Waals surface area contributed by atoms with Gasteiger partial charge >= 0.3 is 6.01 Å². The highest BCUT2D eigenvalue weighted by atomic mass is 16.5. The van der Waals surface area contributed by atoms with Gasteiger partial charge in [0.15, 0.2) is 5.82 Å². The molecule has 0 bridgehead atoms. The van der Waals surface area contributed by atoms with Crippen LogP contribution in [0.3, 0.4) is 0 Å². The summed E-state index contributed by atoms with van der Waals surface area (Å²) in [5, 5.41) is 18.0. The predicted molar refractivity (Wildman–Crippen MR) is 130 cm³/mol. The number of benzene rings is 2. The van der Waals surface area contributed by atoms with Gasteiger partial charge in [-0.05, 0) is 57.2 Å². The Kier molecular flexibility index (Phi) is 7.61. The van der Waals surface area contributed by atoms with E-state index < -0.39 is 6.10 Å². The van der Waals surface area contributed by atoms with Crippen LogP contribution in [0.25, 0.3) is 17.1 Å². The number of hydrogen-bond donors (Lipinski definition) is 2. The zero-order valence-electron chi connectivity index (χ0n) is 19.6. The van der Waals surface area contributed by atoms with Crippen LogP contribution >= 0.6 is 0 Å². The van der Waals surface area contributed by atoms with E-state index in [-0.39, 0.29) is 12.7 Å². The minimum Gasteiger partial charge on any atom is -0.467 e. The van der Waals surface area contributed by atoms with E-state index in [9.17, 15) is 5.11 Å². The molecule has 2 N–H and O–H groups in total. The molecule has 0 aliphatic heterocycles. The van der Waals surface area contributed by atoms with Crippen molar-refractivity contribution in [3.63, 3.8) is 0 Å². The largest absolute Gasteiger partial charge is 0.467 e. The summed E-state index contributed by atoms with van der Waals surface area (Å²) in [4.78, 5) is 4.62. The van der Waals surface area contributed by atoms with Crippen LogP contribution < -0.4 is 10.1 Å². The molecule has 0 spiro atoms. The first-order chi connectivity index (χ1) is 16.5. The van der Waals surface area contributed by atoms with Crippen LogP contribution in [0.2, 0.25) is 0 Å². The number of furan rings is 1. The molecule has 0 amide bonds. The van der Waals surface area contributed by atoms with Crippen LogP contribution in [-0.2, 0) is 11.3 Å².